The third-order valence-corrected chi connectivity index (χ3v) is 8.65. The number of halogens is 5. The number of aryl methyl sites for hydroxylation is 1. The van der Waals surface area contributed by atoms with Crippen molar-refractivity contribution in [2.24, 2.45) is 11.8 Å². The third-order valence-electron chi connectivity index (χ3n) is 8.65. The molecule has 5 nitrogen and oxygen atoms in total. The van der Waals surface area contributed by atoms with Crippen molar-refractivity contribution in [3.05, 3.63) is 70.5 Å². The minimum Gasteiger partial charge on any atom is -0.341 e. The Balaban J connectivity index is 1.48. The molecule has 2 heterocycles. The predicted molar refractivity (Wildman–Crippen MR) is 132 cm³/mol. The van der Waals surface area contributed by atoms with Crippen LogP contribution in [0.15, 0.2) is 42.5 Å². The summed E-state index contributed by atoms with van der Waals surface area (Å²) in [5.74, 6) is -1.83. The minimum absolute atomic E-state index is 0.0273. The van der Waals surface area contributed by atoms with Gasteiger partial charge in [-0.3, -0.25) is 19.7 Å². The molecule has 10 heteroatoms. The molecule has 3 aliphatic rings. The fourth-order valence-electron chi connectivity index (χ4n) is 6.55. The van der Waals surface area contributed by atoms with Crippen LogP contribution in [0.1, 0.15) is 54.9 Å². The number of hydrogen-bond acceptors (Lipinski definition) is 3. The molecule has 3 amide bonds. The van der Waals surface area contributed by atoms with Crippen LogP contribution in [-0.4, -0.2) is 41.9 Å². The van der Waals surface area contributed by atoms with Gasteiger partial charge in [-0.25, -0.2) is 8.78 Å². The quantitative estimate of drug-likeness (QED) is 0.427. The average Bonchev–Trinajstić information content (AvgIpc) is 3.23. The summed E-state index contributed by atoms with van der Waals surface area (Å²) in [6.45, 7) is 1.21. The van der Waals surface area contributed by atoms with E-state index in [0.29, 0.717) is 38.3 Å². The molecule has 2 aromatic carbocycles. The van der Waals surface area contributed by atoms with Gasteiger partial charge in [0, 0.05) is 37.8 Å². The minimum atomic E-state index is -5.07. The first kappa shape index (κ1) is 27.3. The lowest BCUT2D eigenvalue weighted by Gasteiger charge is -2.41. The summed E-state index contributed by atoms with van der Waals surface area (Å²) in [5, 5.41) is 2.24. The number of carbonyl (C=O) groups is 3. The molecule has 0 aromatic heterocycles. The van der Waals surface area contributed by atoms with Crippen molar-refractivity contribution in [3.63, 3.8) is 0 Å². The molecular formula is C29H29F5N2O3. The van der Waals surface area contributed by atoms with E-state index in [1.54, 1.807) is 23.1 Å². The van der Waals surface area contributed by atoms with Crippen LogP contribution in [-0.2, 0) is 38.3 Å². The molecule has 2 fully saturated rings. The summed E-state index contributed by atoms with van der Waals surface area (Å²) in [5.41, 5.74) is -2.44. The van der Waals surface area contributed by atoms with Crippen molar-refractivity contribution >= 4 is 17.7 Å². The molecule has 1 N–H and O–H groups in total. The fraction of sp³-hybridized carbons (Fsp3) is 0.483. The van der Waals surface area contributed by atoms with E-state index >= 15 is 0 Å². The smallest absolute Gasteiger partial charge is 0.341 e. The zero-order valence-corrected chi connectivity index (χ0v) is 21.4. The maximum absolute atomic E-state index is 14.8. The SMILES string of the molecule is CC(F)(c1ccc2c(c1)CCC1CN(C(=O)CC3CC(=O)NC(=O)C3)CC21Cc1ccc(F)cc1)C(F)(F)F. The molecule has 5 rings (SSSR count). The first-order chi connectivity index (χ1) is 18.3. The molecule has 0 bridgehead atoms. The van der Waals surface area contributed by atoms with Gasteiger partial charge in [0.2, 0.25) is 23.4 Å². The number of likely N-dealkylation sites (tertiary alicyclic amines) is 1. The van der Waals surface area contributed by atoms with E-state index in [9.17, 15) is 36.3 Å². The number of nitrogens with zero attached hydrogens (tertiary/aromatic N) is 1. The number of fused-ring (bicyclic) bond motifs is 3. The Morgan fingerprint density at radius 3 is 2.36 bits per heavy atom. The Hall–Kier alpha value is -3.30. The molecule has 1 aliphatic carbocycles. The van der Waals surface area contributed by atoms with Crippen LogP contribution in [0.5, 0.6) is 0 Å². The Bertz CT molecular complexity index is 1290. The van der Waals surface area contributed by atoms with Crippen molar-refractivity contribution in [1.29, 1.82) is 0 Å². The summed E-state index contributed by atoms with van der Waals surface area (Å²) >= 11 is 0. The zero-order chi connectivity index (χ0) is 28.2. The van der Waals surface area contributed by atoms with Crippen LogP contribution in [0.3, 0.4) is 0 Å². The number of imide groups is 1. The van der Waals surface area contributed by atoms with Crippen molar-refractivity contribution in [3.8, 4) is 0 Å². The van der Waals surface area contributed by atoms with E-state index in [-0.39, 0.29) is 37.6 Å². The van der Waals surface area contributed by atoms with Gasteiger partial charge in [0.05, 0.1) is 0 Å². The van der Waals surface area contributed by atoms with Crippen LogP contribution >= 0.6 is 0 Å². The lowest BCUT2D eigenvalue weighted by atomic mass is 9.62. The lowest BCUT2D eigenvalue weighted by Crippen LogP contribution is -2.43. The molecule has 0 spiro atoms. The third kappa shape index (κ3) is 5.05. The summed E-state index contributed by atoms with van der Waals surface area (Å²) in [6.07, 6.45) is -3.42. The molecule has 2 saturated heterocycles. The highest BCUT2D eigenvalue weighted by atomic mass is 19.4. The molecule has 0 saturated carbocycles. The Morgan fingerprint density at radius 1 is 1.05 bits per heavy atom. The van der Waals surface area contributed by atoms with Gasteiger partial charge in [0.25, 0.3) is 0 Å². The summed E-state index contributed by atoms with van der Waals surface area (Å²) in [4.78, 5) is 38.7. The molecule has 2 aliphatic heterocycles. The zero-order valence-electron chi connectivity index (χ0n) is 21.4. The number of carbonyl (C=O) groups excluding carboxylic acids is 3. The average molecular weight is 549 g/mol. The maximum atomic E-state index is 14.8. The van der Waals surface area contributed by atoms with Crippen molar-refractivity contribution < 1.29 is 36.3 Å². The Labute approximate surface area is 222 Å². The highest BCUT2D eigenvalue weighted by Crippen LogP contribution is 2.51. The van der Waals surface area contributed by atoms with Gasteiger partial charge >= 0.3 is 6.18 Å². The highest BCUT2D eigenvalue weighted by Gasteiger charge is 2.55. The highest BCUT2D eigenvalue weighted by molar-refractivity contribution is 5.98. The molecular weight excluding hydrogens is 519 g/mol. The topological polar surface area (TPSA) is 66.5 Å². The number of hydrogen-bond donors (Lipinski definition) is 1. The van der Waals surface area contributed by atoms with Crippen molar-refractivity contribution in [2.75, 3.05) is 13.1 Å². The molecule has 3 atom stereocenters. The van der Waals surface area contributed by atoms with Gasteiger partial charge in [-0.2, -0.15) is 13.2 Å². The molecule has 0 radical (unpaired) electrons. The van der Waals surface area contributed by atoms with Gasteiger partial charge in [0.15, 0.2) is 0 Å². The van der Waals surface area contributed by atoms with Crippen LogP contribution in [0, 0.1) is 17.7 Å². The van der Waals surface area contributed by atoms with E-state index in [4.69, 9.17) is 0 Å². The summed E-state index contributed by atoms with van der Waals surface area (Å²) < 4.78 is 68.8. The largest absolute Gasteiger partial charge is 0.426 e. The van der Waals surface area contributed by atoms with E-state index in [1.807, 2.05) is 0 Å². The summed E-state index contributed by atoms with van der Waals surface area (Å²) in [7, 11) is 0. The number of piperidine rings is 1. The van der Waals surface area contributed by atoms with E-state index < -0.39 is 46.4 Å². The lowest BCUT2D eigenvalue weighted by molar-refractivity contribution is -0.228. The van der Waals surface area contributed by atoms with Crippen LogP contribution < -0.4 is 5.32 Å². The number of benzene rings is 2. The van der Waals surface area contributed by atoms with Gasteiger partial charge in [-0.05, 0) is 72.4 Å². The van der Waals surface area contributed by atoms with Crippen molar-refractivity contribution in [2.45, 2.75) is 62.7 Å². The van der Waals surface area contributed by atoms with Crippen molar-refractivity contribution in [1.82, 2.24) is 10.2 Å². The maximum Gasteiger partial charge on any atom is 0.426 e. The number of rotatable bonds is 5. The first-order valence-electron chi connectivity index (χ1n) is 13.0. The second-order valence-corrected chi connectivity index (χ2v) is 11.3. The van der Waals surface area contributed by atoms with Crippen LogP contribution in [0.25, 0.3) is 0 Å². The van der Waals surface area contributed by atoms with Gasteiger partial charge in [-0.1, -0.05) is 30.3 Å². The monoisotopic (exact) mass is 548 g/mol. The number of alkyl halides is 4. The van der Waals surface area contributed by atoms with E-state index in [0.717, 1.165) is 11.1 Å². The second kappa shape index (κ2) is 9.71. The van der Waals surface area contributed by atoms with E-state index in [2.05, 4.69) is 5.32 Å². The van der Waals surface area contributed by atoms with Crippen LogP contribution in [0.4, 0.5) is 22.0 Å². The fourth-order valence-corrected chi connectivity index (χ4v) is 6.55. The molecule has 39 heavy (non-hydrogen) atoms. The van der Waals surface area contributed by atoms with Crippen LogP contribution in [0.2, 0.25) is 0 Å². The normalized spacial score (nSPS) is 25.1. The van der Waals surface area contributed by atoms with Gasteiger partial charge in [-0.15, -0.1) is 0 Å². The molecule has 208 valence electrons. The van der Waals surface area contributed by atoms with Gasteiger partial charge in [0.1, 0.15) is 5.82 Å². The Kier molecular flexibility index (Phi) is 6.79. The molecule has 3 unspecified atom stereocenters. The number of amides is 3. The summed E-state index contributed by atoms with van der Waals surface area (Å²) in [6, 6.07) is 10.0. The predicted octanol–water partition coefficient (Wildman–Crippen LogP) is 4.90. The number of nitrogens with one attached hydrogen (secondary N) is 1. The Morgan fingerprint density at radius 2 is 1.72 bits per heavy atom. The standard InChI is InChI=1S/C29H29F5N2O3/c1-27(31,29(32,33)34)20-6-9-23-19(13-20)4-5-21-15-36(26(39)12-18-10-24(37)35-25(38)11-18)16-28(21,23)14-17-2-7-22(30)8-3-17/h2-3,6-9,13,18,21H,4-5,10-12,14-16H2,1H3,(H,35,37,38). The first-order valence-corrected chi connectivity index (χ1v) is 13.0. The van der Waals surface area contributed by atoms with Gasteiger partial charge < -0.3 is 4.90 Å². The second-order valence-electron chi connectivity index (χ2n) is 11.3. The van der Waals surface area contributed by atoms with E-state index in [1.165, 1.54) is 24.3 Å². The molecule has 2 aromatic rings.